The standard InChI is InChI=1S/C12H17N3O5/c16-5-9-8(18)3-10(20-9)15-4-6-7(17)1-2-13-11(6)14-12(15)19/h4,7-10,16-18H,1-3,5H2,(H,13,14,19)/t7-,8-,9+,10+/m0/s1. The van der Waals surface area contributed by atoms with Crippen molar-refractivity contribution in [1.29, 1.82) is 0 Å². The second-order valence-corrected chi connectivity index (χ2v) is 5.08. The fourth-order valence-electron chi connectivity index (χ4n) is 2.61. The topological polar surface area (TPSA) is 117 Å². The molecule has 0 saturated carbocycles. The summed E-state index contributed by atoms with van der Waals surface area (Å²) in [7, 11) is 0. The third-order valence-corrected chi connectivity index (χ3v) is 3.74. The first kappa shape index (κ1) is 13.5. The number of rotatable bonds is 2. The van der Waals surface area contributed by atoms with E-state index in [0.717, 1.165) is 0 Å². The molecule has 3 rings (SSSR count). The molecule has 0 radical (unpaired) electrons. The minimum Gasteiger partial charge on any atom is -0.394 e. The summed E-state index contributed by atoms with van der Waals surface area (Å²) in [6.07, 6.45) is -0.622. The predicted molar refractivity (Wildman–Crippen MR) is 68.2 cm³/mol. The molecule has 0 aliphatic carbocycles. The van der Waals surface area contributed by atoms with Crippen LogP contribution in [0.4, 0.5) is 5.82 Å². The number of aliphatic hydroxyl groups is 3. The molecule has 0 bridgehead atoms. The SMILES string of the molecule is O=c1nc2c(cn1[C@H]1C[C@H](O)[C@@H](CO)O1)[C@@H](O)CCN2. The van der Waals surface area contributed by atoms with E-state index in [1.54, 1.807) is 0 Å². The molecule has 1 fully saturated rings. The summed E-state index contributed by atoms with van der Waals surface area (Å²) < 4.78 is 6.69. The van der Waals surface area contributed by atoms with Crippen molar-refractivity contribution in [2.75, 3.05) is 18.5 Å². The van der Waals surface area contributed by atoms with Crippen molar-refractivity contribution in [3.8, 4) is 0 Å². The maximum Gasteiger partial charge on any atom is 0.351 e. The van der Waals surface area contributed by atoms with Gasteiger partial charge in [0.2, 0.25) is 0 Å². The normalized spacial score (nSPS) is 32.8. The largest absolute Gasteiger partial charge is 0.394 e. The van der Waals surface area contributed by atoms with E-state index in [0.29, 0.717) is 24.3 Å². The van der Waals surface area contributed by atoms with Crippen molar-refractivity contribution in [3.05, 3.63) is 22.2 Å². The monoisotopic (exact) mass is 283 g/mol. The van der Waals surface area contributed by atoms with Crippen molar-refractivity contribution < 1.29 is 20.1 Å². The lowest BCUT2D eigenvalue weighted by Gasteiger charge is -2.23. The predicted octanol–water partition coefficient (Wildman–Crippen LogP) is -1.27. The third-order valence-electron chi connectivity index (χ3n) is 3.74. The number of aromatic nitrogens is 2. The second kappa shape index (κ2) is 5.13. The van der Waals surface area contributed by atoms with Gasteiger partial charge in [0.25, 0.3) is 0 Å². The summed E-state index contributed by atoms with van der Waals surface area (Å²) in [4.78, 5) is 15.9. The van der Waals surface area contributed by atoms with Crippen LogP contribution in [0.15, 0.2) is 11.0 Å². The van der Waals surface area contributed by atoms with Gasteiger partial charge in [-0.2, -0.15) is 4.98 Å². The van der Waals surface area contributed by atoms with E-state index in [1.807, 2.05) is 0 Å². The van der Waals surface area contributed by atoms with E-state index < -0.39 is 30.2 Å². The Balaban J connectivity index is 1.95. The average Bonchev–Trinajstić information content (AvgIpc) is 2.79. The highest BCUT2D eigenvalue weighted by molar-refractivity contribution is 5.45. The highest BCUT2D eigenvalue weighted by Crippen LogP contribution is 2.31. The number of nitrogens with one attached hydrogen (secondary N) is 1. The van der Waals surface area contributed by atoms with Crippen LogP contribution in [0.2, 0.25) is 0 Å². The van der Waals surface area contributed by atoms with E-state index in [4.69, 9.17) is 9.84 Å². The third kappa shape index (κ3) is 2.20. The van der Waals surface area contributed by atoms with Gasteiger partial charge in [-0.3, -0.25) is 4.57 Å². The summed E-state index contributed by atoms with van der Waals surface area (Å²) >= 11 is 0. The molecule has 2 aliphatic rings. The summed E-state index contributed by atoms with van der Waals surface area (Å²) in [6, 6.07) is 0. The molecule has 1 aromatic heterocycles. The Labute approximate surface area is 114 Å². The Morgan fingerprint density at radius 1 is 1.50 bits per heavy atom. The van der Waals surface area contributed by atoms with Gasteiger partial charge in [0.05, 0.1) is 18.8 Å². The number of hydrogen-bond donors (Lipinski definition) is 4. The van der Waals surface area contributed by atoms with Gasteiger partial charge >= 0.3 is 5.69 Å². The van der Waals surface area contributed by atoms with Gasteiger partial charge < -0.3 is 25.4 Å². The fraction of sp³-hybridized carbons (Fsp3) is 0.667. The first-order valence-electron chi connectivity index (χ1n) is 6.59. The Bertz CT molecular complexity index is 561. The number of nitrogens with zero attached hydrogens (tertiary/aromatic N) is 2. The lowest BCUT2D eigenvalue weighted by molar-refractivity contribution is -0.0461. The first-order chi connectivity index (χ1) is 9.60. The molecule has 1 aromatic rings. The molecule has 2 aliphatic heterocycles. The van der Waals surface area contributed by atoms with Crippen molar-refractivity contribution in [3.63, 3.8) is 0 Å². The van der Waals surface area contributed by atoms with Crippen LogP contribution in [-0.2, 0) is 4.74 Å². The van der Waals surface area contributed by atoms with Gasteiger partial charge in [-0.05, 0) is 6.42 Å². The number of hydrogen-bond acceptors (Lipinski definition) is 7. The van der Waals surface area contributed by atoms with Gasteiger partial charge in [-0.1, -0.05) is 0 Å². The summed E-state index contributed by atoms with van der Waals surface area (Å²) in [5.74, 6) is 0.391. The molecular weight excluding hydrogens is 266 g/mol. The first-order valence-corrected chi connectivity index (χ1v) is 6.59. The zero-order chi connectivity index (χ0) is 14.3. The number of fused-ring (bicyclic) bond motifs is 1. The Morgan fingerprint density at radius 2 is 2.30 bits per heavy atom. The van der Waals surface area contributed by atoms with E-state index >= 15 is 0 Å². The maximum atomic E-state index is 12.0. The van der Waals surface area contributed by atoms with Crippen LogP contribution in [0.5, 0.6) is 0 Å². The fourth-order valence-corrected chi connectivity index (χ4v) is 2.61. The van der Waals surface area contributed by atoms with E-state index in [9.17, 15) is 15.0 Å². The Hall–Kier alpha value is -1.48. The highest BCUT2D eigenvalue weighted by atomic mass is 16.5. The molecule has 0 amide bonds. The van der Waals surface area contributed by atoms with Crippen LogP contribution in [0.25, 0.3) is 0 Å². The Kier molecular flexibility index (Phi) is 3.47. The molecular formula is C12H17N3O5. The Morgan fingerprint density at radius 3 is 3.00 bits per heavy atom. The molecule has 4 N–H and O–H groups in total. The minimum atomic E-state index is -0.823. The van der Waals surface area contributed by atoms with Crippen molar-refractivity contribution in [2.45, 2.75) is 37.4 Å². The molecule has 1 saturated heterocycles. The van der Waals surface area contributed by atoms with Crippen LogP contribution in [0, 0.1) is 0 Å². The smallest absolute Gasteiger partial charge is 0.351 e. The minimum absolute atomic E-state index is 0.203. The average molecular weight is 283 g/mol. The van der Waals surface area contributed by atoms with Crippen LogP contribution in [-0.4, -0.2) is 50.2 Å². The van der Waals surface area contributed by atoms with Crippen LogP contribution < -0.4 is 11.0 Å². The second-order valence-electron chi connectivity index (χ2n) is 5.08. The van der Waals surface area contributed by atoms with Gasteiger partial charge in [0, 0.05) is 24.7 Å². The number of aliphatic hydroxyl groups excluding tert-OH is 3. The molecule has 20 heavy (non-hydrogen) atoms. The lowest BCUT2D eigenvalue weighted by Crippen LogP contribution is -2.31. The van der Waals surface area contributed by atoms with Crippen LogP contribution in [0.1, 0.15) is 30.7 Å². The molecule has 0 unspecified atom stereocenters. The van der Waals surface area contributed by atoms with E-state index in [2.05, 4.69) is 10.3 Å². The van der Waals surface area contributed by atoms with Crippen molar-refractivity contribution in [1.82, 2.24) is 9.55 Å². The van der Waals surface area contributed by atoms with Crippen LogP contribution >= 0.6 is 0 Å². The maximum absolute atomic E-state index is 12.0. The quantitative estimate of drug-likeness (QED) is 0.535. The zero-order valence-electron chi connectivity index (χ0n) is 10.8. The number of ether oxygens (including phenoxy) is 1. The lowest BCUT2D eigenvalue weighted by atomic mass is 10.1. The summed E-state index contributed by atoms with van der Waals surface area (Å²) in [5, 5.41) is 31.7. The molecule has 110 valence electrons. The highest BCUT2D eigenvalue weighted by Gasteiger charge is 2.35. The summed E-state index contributed by atoms with van der Waals surface area (Å²) in [5.41, 5.74) is 0.0301. The molecule has 4 atom stereocenters. The van der Waals surface area contributed by atoms with Crippen LogP contribution in [0.3, 0.4) is 0 Å². The number of anilines is 1. The van der Waals surface area contributed by atoms with E-state index in [-0.39, 0.29) is 13.0 Å². The van der Waals surface area contributed by atoms with Gasteiger partial charge in [0.15, 0.2) is 0 Å². The molecule has 3 heterocycles. The summed E-state index contributed by atoms with van der Waals surface area (Å²) in [6.45, 7) is 0.255. The van der Waals surface area contributed by atoms with Gasteiger partial charge in [-0.25, -0.2) is 4.79 Å². The van der Waals surface area contributed by atoms with E-state index in [1.165, 1.54) is 10.8 Å². The molecule has 0 spiro atoms. The molecule has 0 aromatic carbocycles. The van der Waals surface area contributed by atoms with Crippen molar-refractivity contribution >= 4 is 5.82 Å². The van der Waals surface area contributed by atoms with Crippen molar-refractivity contribution in [2.24, 2.45) is 0 Å². The van der Waals surface area contributed by atoms with Gasteiger partial charge in [-0.15, -0.1) is 0 Å². The molecule has 8 heteroatoms. The van der Waals surface area contributed by atoms with Gasteiger partial charge in [0.1, 0.15) is 18.1 Å². The zero-order valence-corrected chi connectivity index (χ0v) is 10.8. The molecule has 8 nitrogen and oxygen atoms in total.